The van der Waals surface area contributed by atoms with E-state index in [-0.39, 0.29) is 6.61 Å². The molecule has 19 heavy (non-hydrogen) atoms. The van der Waals surface area contributed by atoms with Gasteiger partial charge >= 0.3 is 11.9 Å². The van der Waals surface area contributed by atoms with Gasteiger partial charge in [-0.15, -0.1) is 0 Å². The Morgan fingerprint density at radius 3 is 2.05 bits per heavy atom. The van der Waals surface area contributed by atoms with E-state index in [4.69, 9.17) is 14.9 Å². The molecule has 0 heterocycles. The third-order valence-corrected chi connectivity index (χ3v) is 2.88. The Morgan fingerprint density at radius 2 is 1.53 bits per heavy atom. The number of ether oxygens (including phenoxy) is 1. The second-order valence-electron chi connectivity index (χ2n) is 4.76. The number of esters is 1. The molecule has 0 rings (SSSR count). The first-order valence-corrected chi connectivity index (χ1v) is 7.14. The molecular weight excluding hydrogens is 248 g/mol. The van der Waals surface area contributed by atoms with E-state index in [2.05, 4.69) is 6.92 Å². The number of carboxylic acids is 1. The quantitative estimate of drug-likeness (QED) is 0.422. The standard InChI is InChI=1S/C14H26O5/c1-2-3-4-5-6-7-8-9-10-19-14(18)12(15)11-13(16)17/h12,15H,2-11H2,1H3,(H,16,17). The largest absolute Gasteiger partial charge is 0.481 e. The van der Waals surface area contributed by atoms with Crippen molar-refractivity contribution < 1.29 is 24.5 Å². The van der Waals surface area contributed by atoms with Crippen LogP contribution in [0.5, 0.6) is 0 Å². The van der Waals surface area contributed by atoms with E-state index in [9.17, 15) is 9.59 Å². The number of rotatable bonds is 12. The number of carbonyl (C=O) groups is 2. The first-order chi connectivity index (χ1) is 9.07. The maximum atomic E-state index is 11.2. The lowest BCUT2D eigenvalue weighted by molar-refractivity contribution is -0.158. The molecule has 0 fully saturated rings. The summed E-state index contributed by atoms with van der Waals surface area (Å²) >= 11 is 0. The Balaban J connectivity index is 3.34. The number of carbonyl (C=O) groups excluding carboxylic acids is 1. The van der Waals surface area contributed by atoms with Gasteiger partial charge in [0.05, 0.1) is 13.0 Å². The Bertz CT molecular complexity index is 252. The van der Waals surface area contributed by atoms with Crippen LogP contribution in [0.1, 0.15) is 64.7 Å². The van der Waals surface area contributed by atoms with Gasteiger partial charge in [-0.3, -0.25) is 4.79 Å². The summed E-state index contributed by atoms with van der Waals surface area (Å²) in [6.07, 6.45) is 7.01. The molecule has 0 saturated heterocycles. The molecule has 0 bridgehead atoms. The highest BCUT2D eigenvalue weighted by Crippen LogP contribution is 2.08. The third kappa shape index (κ3) is 11.7. The van der Waals surface area contributed by atoms with Gasteiger partial charge in [0.15, 0.2) is 6.10 Å². The lowest BCUT2D eigenvalue weighted by atomic mass is 10.1. The molecule has 0 aliphatic heterocycles. The van der Waals surface area contributed by atoms with Gasteiger partial charge in [-0.05, 0) is 6.42 Å². The molecule has 0 aliphatic rings. The van der Waals surface area contributed by atoms with Crippen molar-refractivity contribution in [1.82, 2.24) is 0 Å². The predicted octanol–water partition coefficient (Wildman–Crippen LogP) is 2.51. The van der Waals surface area contributed by atoms with Gasteiger partial charge < -0.3 is 14.9 Å². The van der Waals surface area contributed by atoms with Crippen LogP contribution in [0.3, 0.4) is 0 Å². The van der Waals surface area contributed by atoms with E-state index in [1.54, 1.807) is 0 Å². The highest BCUT2D eigenvalue weighted by Gasteiger charge is 2.19. The van der Waals surface area contributed by atoms with Gasteiger partial charge in [-0.2, -0.15) is 0 Å². The zero-order valence-electron chi connectivity index (χ0n) is 11.8. The van der Waals surface area contributed by atoms with Crippen molar-refractivity contribution in [1.29, 1.82) is 0 Å². The van der Waals surface area contributed by atoms with E-state index < -0.39 is 24.5 Å². The van der Waals surface area contributed by atoms with Crippen LogP contribution in [0.2, 0.25) is 0 Å². The number of aliphatic hydroxyl groups is 1. The number of aliphatic hydroxyl groups excluding tert-OH is 1. The van der Waals surface area contributed by atoms with Crippen molar-refractivity contribution in [2.24, 2.45) is 0 Å². The molecule has 0 aromatic carbocycles. The molecule has 5 nitrogen and oxygen atoms in total. The lowest BCUT2D eigenvalue weighted by Crippen LogP contribution is -2.26. The number of aliphatic carboxylic acids is 1. The minimum Gasteiger partial charge on any atom is -0.481 e. The summed E-state index contributed by atoms with van der Waals surface area (Å²) in [5.41, 5.74) is 0. The molecule has 0 aliphatic carbocycles. The highest BCUT2D eigenvalue weighted by atomic mass is 16.5. The Kier molecular flexibility index (Phi) is 11.3. The van der Waals surface area contributed by atoms with Crippen LogP contribution < -0.4 is 0 Å². The lowest BCUT2D eigenvalue weighted by Gasteiger charge is -2.08. The van der Waals surface area contributed by atoms with Crippen molar-refractivity contribution in [2.45, 2.75) is 70.8 Å². The first-order valence-electron chi connectivity index (χ1n) is 7.14. The molecule has 112 valence electrons. The molecule has 0 radical (unpaired) electrons. The van der Waals surface area contributed by atoms with Gasteiger partial charge in [0.25, 0.3) is 0 Å². The van der Waals surface area contributed by atoms with E-state index >= 15 is 0 Å². The number of carboxylic acid groups (broad SMARTS) is 1. The Hall–Kier alpha value is -1.10. The summed E-state index contributed by atoms with van der Waals surface area (Å²) in [6, 6.07) is 0. The smallest absolute Gasteiger partial charge is 0.335 e. The molecule has 0 aromatic heterocycles. The zero-order valence-corrected chi connectivity index (χ0v) is 11.8. The SMILES string of the molecule is CCCCCCCCCCOC(=O)C(O)CC(=O)O. The summed E-state index contributed by atoms with van der Waals surface area (Å²) in [4.78, 5) is 21.4. The van der Waals surface area contributed by atoms with Crippen molar-refractivity contribution in [3.05, 3.63) is 0 Å². The molecule has 0 amide bonds. The fourth-order valence-corrected chi connectivity index (χ4v) is 1.75. The fraction of sp³-hybridized carbons (Fsp3) is 0.857. The minimum atomic E-state index is -1.55. The average Bonchev–Trinajstić information content (AvgIpc) is 2.35. The summed E-state index contributed by atoms with van der Waals surface area (Å²) in [5.74, 6) is -2.05. The molecule has 1 unspecified atom stereocenters. The van der Waals surface area contributed by atoms with Crippen molar-refractivity contribution in [3.8, 4) is 0 Å². The molecule has 1 atom stereocenters. The average molecular weight is 274 g/mol. The van der Waals surface area contributed by atoms with Crippen LogP contribution >= 0.6 is 0 Å². The summed E-state index contributed by atoms with van der Waals surface area (Å²) in [7, 11) is 0. The fourth-order valence-electron chi connectivity index (χ4n) is 1.75. The number of hydrogen-bond acceptors (Lipinski definition) is 4. The van der Waals surface area contributed by atoms with Gasteiger partial charge in [0.2, 0.25) is 0 Å². The van der Waals surface area contributed by atoms with Crippen LogP contribution in [0, 0.1) is 0 Å². The van der Waals surface area contributed by atoms with Crippen LogP contribution in [-0.4, -0.2) is 34.9 Å². The molecular formula is C14H26O5. The van der Waals surface area contributed by atoms with Crippen molar-refractivity contribution in [2.75, 3.05) is 6.61 Å². The Labute approximate surface area is 115 Å². The number of hydrogen-bond donors (Lipinski definition) is 2. The summed E-state index contributed by atoms with van der Waals surface area (Å²) in [6.45, 7) is 2.44. The van der Waals surface area contributed by atoms with Gasteiger partial charge in [-0.1, -0.05) is 51.9 Å². The maximum Gasteiger partial charge on any atom is 0.335 e. The van der Waals surface area contributed by atoms with Crippen molar-refractivity contribution >= 4 is 11.9 Å². The summed E-state index contributed by atoms with van der Waals surface area (Å²) < 4.78 is 4.80. The number of unbranched alkanes of at least 4 members (excludes halogenated alkanes) is 7. The zero-order chi connectivity index (χ0) is 14.5. The Morgan fingerprint density at radius 1 is 1.00 bits per heavy atom. The van der Waals surface area contributed by atoms with Crippen LogP contribution in [0.4, 0.5) is 0 Å². The summed E-state index contributed by atoms with van der Waals surface area (Å²) in [5, 5.41) is 17.6. The van der Waals surface area contributed by atoms with Gasteiger partial charge in [0.1, 0.15) is 0 Å². The molecule has 0 saturated carbocycles. The predicted molar refractivity (Wildman–Crippen MR) is 71.8 cm³/mol. The topological polar surface area (TPSA) is 83.8 Å². The monoisotopic (exact) mass is 274 g/mol. The first kappa shape index (κ1) is 17.9. The molecule has 2 N–H and O–H groups in total. The second kappa shape index (κ2) is 12.0. The molecule has 5 heteroatoms. The minimum absolute atomic E-state index is 0.254. The third-order valence-electron chi connectivity index (χ3n) is 2.88. The highest BCUT2D eigenvalue weighted by molar-refractivity contribution is 5.80. The second-order valence-corrected chi connectivity index (χ2v) is 4.76. The van der Waals surface area contributed by atoms with Crippen LogP contribution in [-0.2, 0) is 14.3 Å². The molecule has 0 spiro atoms. The van der Waals surface area contributed by atoms with Gasteiger partial charge in [-0.25, -0.2) is 4.79 Å². The van der Waals surface area contributed by atoms with E-state index in [0.717, 1.165) is 19.3 Å². The van der Waals surface area contributed by atoms with E-state index in [1.165, 1.54) is 32.1 Å². The van der Waals surface area contributed by atoms with Crippen molar-refractivity contribution in [3.63, 3.8) is 0 Å². The maximum absolute atomic E-state index is 11.2. The van der Waals surface area contributed by atoms with E-state index in [1.807, 2.05) is 0 Å². The molecule has 0 aromatic rings. The van der Waals surface area contributed by atoms with E-state index in [0.29, 0.717) is 0 Å². The normalized spacial score (nSPS) is 12.1. The van der Waals surface area contributed by atoms with Gasteiger partial charge in [0, 0.05) is 0 Å². The van der Waals surface area contributed by atoms with Crippen LogP contribution in [0.25, 0.3) is 0 Å². The van der Waals surface area contributed by atoms with Crippen LogP contribution in [0.15, 0.2) is 0 Å².